The fourth-order valence-corrected chi connectivity index (χ4v) is 1.86. The first-order valence-electron chi connectivity index (χ1n) is 6.72. The van der Waals surface area contributed by atoms with E-state index in [4.69, 9.17) is 10.00 Å². The van der Waals surface area contributed by atoms with Gasteiger partial charge in [-0.15, -0.1) is 6.58 Å². The summed E-state index contributed by atoms with van der Waals surface area (Å²) in [4.78, 5) is 11.9. The Morgan fingerprint density at radius 3 is 2.76 bits per heavy atom. The monoisotopic (exact) mass is 284 g/mol. The third kappa shape index (κ3) is 4.81. The summed E-state index contributed by atoms with van der Waals surface area (Å²) in [5.74, 6) is 0.394. The normalized spacial score (nSPS) is 10.9. The lowest BCUT2D eigenvalue weighted by molar-refractivity contribution is -0.117. The van der Waals surface area contributed by atoms with Crippen molar-refractivity contribution >= 4 is 12.0 Å². The Labute approximate surface area is 125 Å². The van der Waals surface area contributed by atoms with E-state index < -0.39 is 0 Å². The summed E-state index contributed by atoms with van der Waals surface area (Å²) in [6, 6.07) is 7.44. The molecule has 110 valence electrons. The summed E-state index contributed by atoms with van der Waals surface area (Å²) in [6.45, 7) is 7.41. The van der Waals surface area contributed by atoms with E-state index in [1.165, 1.54) is 0 Å². The molecule has 0 aromatic heterocycles. The summed E-state index contributed by atoms with van der Waals surface area (Å²) in [6.07, 6.45) is 4.01. The molecule has 4 heteroatoms. The zero-order valence-electron chi connectivity index (χ0n) is 12.6. The van der Waals surface area contributed by atoms with E-state index in [1.807, 2.05) is 38.1 Å². The van der Waals surface area contributed by atoms with Gasteiger partial charge in [0.25, 0.3) is 5.91 Å². The number of methoxy groups -OCH3 is 1. The van der Waals surface area contributed by atoms with Crippen molar-refractivity contribution in [3.63, 3.8) is 0 Å². The molecular weight excluding hydrogens is 264 g/mol. The molecule has 0 aliphatic rings. The van der Waals surface area contributed by atoms with Crippen LogP contribution in [0.5, 0.6) is 5.75 Å². The molecule has 1 aromatic rings. The molecule has 21 heavy (non-hydrogen) atoms. The van der Waals surface area contributed by atoms with Crippen molar-refractivity contribution in [2.45, 2.75) is 26.3 Å². The Morgan fingerprint density at radius 2 is 2.24 bits per heavy atom. The number of hydrogen-bond donors (Lipinski definition) is 1. The van der Waals surface area contributed by atoms with Gasteiger partial charge in [-0.2, -0.15) is 5.26 Å². The standard InChI is InChI=1S/C17H20N2O2/c1-5-6-14-9-13(7-8-16(14)21-4)10-15(11-18)17(20)19-12(2)3/h5,7-10,12H,1,6H2,2-4H3,(H,19,20)/b15-10-. The molecule has 0 atom stereocenters. The number of allylic oxidation sites excluding steroid dienone is 1. The highest BCUT2D eigenvalue weighted by atomic mass is 16.5. The predicted molar refractivity (Wildman–Crippen MR) is 83.8 cm³/mol. The van der Waals surface area contributed by atoms with E-state index in [2.05, 4.69) is 11.9 Å². The largest absolute Gasteiger partial charge is 0.496 e. The average molecular weight is 284 g/mol. The van der Waals surface area contributed by atoms with Crippen molar-refractivity contribution in [1.29, 1.82) is 5.26 Å². The van der Waals surface area contributed by atoms with Crippen molar-refractivity contribution in [2.24, 2.45) is 0 Å². The average Bonchev–Trinajstić information content (AvgIpc) is 2.44. The molecule has 0 bridgehead atoms. The number of amides is 1. The quantitative estimate of drug-likeness (QED) is 0.496. The maximum atomic E-state index is 11.9. The summed E-state index contributed by atoms with van der Waals surface area (Å²) in [7, 11) is 1.61. The molecule has 1 N–H and O–H groups in total. The van der Waals surface area contributed by atoms with Crippen LogP contribution in [0.15, 0.2) is 36.4 Å². The molecule has 0 spiro atoms. The minimum absolute atomic E-state index is 0.0126. The Bertz CT molecular complexity index is 595. The fraction of sp³-hybridized carbons (Fsp3) is 0.294. The minimum atomic E-state index is -0.367. The SMILES string of the molecule is C=CCc1cc(/C=C(/C#N)C(=O)NC(C)C)ccc1OC. The van der Waals surface area contributed by atoms with Crippen LogP contribution >= 0.6 is 0 Å². The molecule has 0 saturated heterocycles. The summed E-state index contributed by atoms with van der Waals surface area (Å²) >= 11 is 0. The lowest BCUT2D eigenvalue weighted by atomic mass is 10.0. The van der Waals surface area contributed by atoms with Crippen molar-refractivity contribution in [1.82, 2.24) is 5.32 Å². The first-order chi connectivity index (χ1) is 10.0. The van der Waals surface area contributed by atoms with Crippen LogP contribution < -0.4 is 10.1 Å². The predicted octanol–water partition coefficient (Wildman–Crippen LogP) is 2.86. The van der Waals surface area contributed by atoms with Crippen LogP contribution in [-0.2, 0) is 11.2 Å². The summed E-state index contributed by atoms with van der Waals surface area (Å²) in [5.41, 5.74) is 1.82. The topological polar surface area (TPSA) is 62.1 Å². The number of hydrogen-bond acceptors (Lipinski definition) is 3. The molecule has 0 fully saturated rings. The van der Waals surface area contributed by atoms with Gasteiger partial charge in [0.05, 0.1) is 7.11 Å². The molecule has 4 nitrogen and oxygen atoms in total. The van der Waals surface area contributed by atoms with Crippen LogP contribution in [0.3, 0.4) is 0 Å². The van der Waals surface area contributed by atoms with Crippen molar-refractivity contribution < 1.29 is 9.53 Å². The minimum Gasteiger partial charge on any atom is -0.496 e. The molecule has 0 radical (unpaired) electrons. The third-order valence-electron chi connectivity index (χ3n) is 2.76. The number of rotatable bonds is 6. The third-order valence-corrected chi connectivity index (χ3v) is 2.76. The molecule has 1 aromatic carbocycles. The summed E-state index contributed by atoms with van der Waals surface area (Å²) in [5, 5.41) is 11.8. The number of benzene rings is 1. The van der Waals surface area contributed by atoms with Crippen molar-refractivity contribution in [2.75, 3.05) is 7.11 Å². The number of nitrogens with one attached hydrogen (secondary N) is 1. The second kappa shape index (κ2) is 7.91. The van der Waals surface area contributed by atoms with Crippen LogP contribution in [0.4, 0.5) is 0 Å². The molecule has 1 amide bonds. The lowest BCUT2D eigenvalue weighted by Gasteiger charge is -2.09. The molecule has 0 heterocycles. The highest BCUT2D eigenvalue weighted by Gasteiger charge is 2.10. The zero-order valence-corrected chi connectivity index (χ0v) is 12.6. The van der Waals surface area contributed by atoms with Gasteiger partial charge in [-0.1, -0.05) is 12.1 Å². The Balaban J connectivity index is 3.11. The fourth-order valence-electron chi connectivity index (χ4n) is 1.86. The van der Waals surface area contributed by atoms with Crippen molar-refractivity contribution in [3.8, 4) is 11.8 Å². The first kappa shape index (κ1) is 16.5. The van der Waals surface area contributed by atoms with Gasteiger partial charge in [-0.3, -0.25) is 4.79 Å². The number of carbonyl (C=O) groups is 1. The van der Waals surface area contributed by atoms with Crippen LogP contribution in [0.1, 0.15) is 25.0 Å². The van der Waals surface area contributed by atoms with E-state index in [9.17, 15) is 4.79 Å². The van der Waals surface area contributed by atoms with Crippen LogP contribution in [0.2, 0.25) is 0 Å². The first-order valence-corrected chi connectivity index (χ1v) is 6.72. The van der Waals surface area contributed by atoms with Crippen LogP contribution in [-0.4, -0.2) is 19.1 Å². The summed E-state index contributed by atoms with van der Waals surface area (Å²) < 4.78 is 5.27. The van der Waals surface area contributed by atoms with E-state index in [-0.39, 0.29) is 17.5 Å². The van der Waals surface area contributed by atoms with Gasteiger partial charge < -0.3 is 10.1 Å². The molecule has 1 rings (SSSR count). The second-order valence-electron chi connectivity index (χ2n) is 4.86. The van der Waals surface area contributed by atoms with Gasteiger partial charge in [-0.25, -0.2) is 0 Å². The Morgan fingerprint density at radius 1 is 1.52 bits per heavy atom. The Hall–Kier alpha value is -2.54. The zero-order chi connectivity index (χ0) is 15.8. The van der Waals surface area contributed by atoms with E-state index in [0.717, 1.165) is 16.9 Å². The molecule has 0 aliphatic heterocycles. The van der Waals surface area contributed by atoms with E-state index in [0.29, 0.717) is 6.42 Å². The van der Waals surface area contributed by atoms with E-state index >= 15 is 0 Å². The van der Waals surface area contributed by atoms with Gasteiger partial charge in [0.2, 0.25) is 0 Å². The number of ether oxygens (including phenoxy) is 1. The van der Waals surface area contributed by atoms with Gasteiger partial charge >= 0.3 is 0 Å². The van der Waals surface area contributed by atoms with E-state index in [1.54, 1.807) is 19.3 Å². The molecule has 0 saturated carbocycles. The highest BCUT2D eigenvalue weighted by Crippen LogP contribution is 2.22. The van der Waals surface area contributed by atoms with Gasteiger partial charge in [0.1, 0.15) is 17.4 Å². The van der Waals surface area contributed by atoms with Gasteiger partial charge in [0.15, 0.2) is 0 Å². The number of nitriles is 1. The van der Waals surface area contributed by atoms with Crippen molar-refractivity contribution in [3.05, 3.63) is 47.6 Å². The lowest BCUT2D eigenvalue weighted by Crippen LogP contribution is -2.30. The maximum Gasteiger partial charge on any atom is 0.262 e. The maximum absolute atomic E-state index is 11.9. The Kier molecular flexibility index (Phi) is 6.22. The van der Waals surface area contributed by atoms with Gasteiger partial charge in [-0.05, 0) is 49.6 Å². The molecule has 0 aliphatic carbocycles. The molecular formula is C17H20N2O2. The van der Waals surface area contributed by atoms with Crippen LogP contribution in [0.25, 0.3) is 6.08 Å². The van der Waals surface area contributed by atoms with Crippen LogP contribution in [0, 0.1) is 11.3 Å². The second-order valence-corrected chi connectivity index (χ2v) is 4.86. The van der Waals surface area contributed by atoms with Gasteiger partial charge in [0, 0.05) is 6.04 Å². The number of carbonyl (C=O) groups excluding carboxylic acids is 1. The molecule has 0 unspecified atom stereocenters. The smallest absolute Gasteiger partial charge is 0.262 e. The highest BCUT2D eigenvalue weighted by molar-refractivity contribution is 6.01. The number of nitrogens with zero attached hydrogens (tertiary/aromatic N) is 1.